The molecule has 3 N–H and O–H groups in total. The molecule has 0 aliphatic carbocycles. The van der Waals surface area contributed by atoms with E-state index < -0.39 is 23.1 Å². The molecule has 2 aromatic carbocycles. The summed E-state index contributed by atoms with van der Waals surface area (Å²) in [5, 5.41) is 6.81. The van der Waals surface area contributed by atoms with Crippen LogP contribution < -0.4 is 15.8 Å². The Bertz CT molecular complexity index is 1130. The third kappa shape index (κ3) is 5.32. The second kappa shape index (κ2) is 9.64. The number of ether oxygens (including phenoxy) is 1. The number of hydrogen-bond donors (Lipinski definition) is 2. The van der Waals surface area contributed by atoms with Gasteiger partial charge in [-0.3, -0.25) is 9.48 Å². The van der Waals surface area contributed by atoms with Crippen molar-refractivity contribution in [3.05, 3.63) is 77.0 Å². The Morgan fingerprint density at radius 2 is 1.94 bits per heavy atom. The summed E-state index contributed by atoms with van der Waals surface area (Å²) in [6.45, 7) is 10.3. The number of benzene rings is 2. The molecule has 1 heterocycles. The van der Waals surface area contributed by atoms with Crippen LogP contribution in [0.15, 0.2) is 43.0 Å². The van der Waals surface area contributed by atoms with E-state index in [1.54, 1.807) is 22.9 Å². The Morgan fingerprint density at radius 3 is 2.56 bits per heavy atom. The highest BCUT2D eigenvalue weighted by atomic mass is 19.1. The molecule has 0 saturated heterocycles. The summed E-state index contributed by atoms with van der Waals surface area (Å²) in [4.78, 5) is 12.5. The van der Waals surface area contributed by atoms with E-state index in [1.807, 2.05) is 13.0 Å². The molecule has 0 saturated carbocycles. The summed E-state index contributed by atoms with van der Waals surface area (Å²) < 4.78 is 36.0. The van der Waals surface area contributed by atoms with Crippen molar-refractivity contribution >= 4 is 23.5 Å². The average molecular weight is 440 g/mol. The maximum absolute atomic E-state index is 14.2. The third-order valence-corrected chi connectivity index (χ3v) is 4.73. The summed E-state index contributed by atoms with van der Waals surface area (Å²) in [5.74, 6) is -1.65. The molecule has 6 nitrogen and oxygen atoms in total. The van der Waals surface area contributed by atoms with E-state index in [2.05, 4.69) is 30.8 Å². The van der Waals surface area contributed by atoms with Crippen LogP contribution in [0.25, 0.3) is 6.08 Å². The minimum atomic E-state index is -0.972. The first-order valence-electron chi connectivity index (χ1n) is 10.2. The fourth-order valence-corrected chi connectivity index (χ4v) is 3.12. The van der Waals surface area contributed by atoms with Crippen LogP contribution in [0.4, 0.5) is 20.3 Å². The number of nitrogens with zero attached hydrogens (tertiary/aromatic N) is 2. The van der Waals surface area contributed by atoms with Gasteiger partial charge in [-0.2, -0.15) is 5.10 Å². The summed E-state index contributed by atoms with van der Waals surface area (Å²) in [5.41, 5.74) is 7.66. The Balaban J connectivity index is 1.81. The number of nitrogen functional groups attached to an aromatic ring is 1. The highest BCUT2D eigenvalue weighted by Gasteiger charge is 2.20. The Hall–Kier alpha value is -3.68. The van der Waals surface area contributed by atoms with Gasteiger partial charge in [-0.25, -0.2) is 8.78 Å². The molecule has 32 heavy (non-hydrogen) atoms. The fourth-order valence-electron chi connectivity index (χ4n) is 3.12. The Morgan fingerprint density at radius 1 is 1.25 bits per heavy atom. The summed E-state index contributed by atoms with van der Waals surface area (Å²) in [6.07, 6.45) is 1.30. The van der Waals surface area contributed by atoms with Gasteiger partial charge in [0, 0.05) is 23.0 Å². The van der Waals surface area contributed by atoms with Gasteiger partial charge in [0.1, 0.15) is 22.9 Å². The van der Waals surface area contributed by atoms with Crippen molar-refractivity contribution < 1.29 is 18.3 Å². The number of amides is 1. The van der Waals surface area contributed by atoms with Crippen molar-refractivity contribution in [2.75, 3.05) is 17.7 Å². The zero-order chi connectivity index (χ0) is 23.4. The molecular weight excluding hydrogens is 414 g/mol. The van der Waals surface area contributed by atoms with E-state index in [0.717, 1.165) is 23.4 Å². The van der Waals surface area contributed by atoms with Crippen molar-refractivity contribution in [1.82, 2.24) is 9.78 Å². The van der Waals surface area contributed by atoms with E-state index in [9.17, 15) is 13.6 Å². The van der Waals surface area contributed by atoms with Gasteiger partial charge < -0.3 is 15.8 Å². The van der Waals surface area contributed by atoms with Gasteiger partial charge in [0.2, 0.25) is 0 Å². The second-order valence-corrected chi connectivity index (χ2v) is 7.92. The molecule has 8 heteroatoms. The lowest BCUT2D eigenvalue weighted by molar-refractivity contribution is 0.101. The van der Waals surface area contributed by atoms with Crippen molar-refractivity contribution in [2.45, 2.75) is 27.3 Å². The third-order valence-electron chi connectivity index (χ3n) is 4.73. The lowest BCUT2D eigenvalue weighted by Crippen LogP contribution is -2.17. The number of carbonyl (C=O) groups excluding carboxylic acids is 1. The van der Waals surface area contributed by atoms with Gasteiger partial charge in [-0.15, -0.1) is 0 Å². The lowest BCUT2D eigenvalue weighted by atomic mass is 10.1. The molecule has 168 valence electrons. The maximum atomic E-state index is 14.2. The van der Waals surface area contributed by atoms with Crippen LogP contribution in [-0.2, 0) is 6.54 Å². The summed E-state index contributed by atoms with van der Waals surface area (Å²) in [7, 11) is 0. The number of carbonyl (C=O) groups is 1. The van der Waals surface area contributed by atoms with E-state index in [-0.39, 0.29) is 11.4 Å². The number of aromatic nitrogens is 2. The molecule has 0 fully saturated rings. The Labute approximate surface area is 185 Å². The number of aryl methyl sites for hydroxylation is 1. The van der Waals surface area contributed by atoms with Crippen molar-refractivity contribution in [1.29, 1.82) is 0 Å². The van der Waals surface area contributed by atoms with Crippen molar-refractivity contribution in [3.8, 4) is 5.75 Å². The van der Waals surface area contributed by atoms with E-state index in [1.165, 1.54) is 6.08 Å². The van der Waals surface area contributed by atoms with E-state index in [0.29, 0.717) is 30.5 Å². The summed E-state index contributed by atoms with van der Waals surface area (Å²) in [6, 6.07) is 9.10. The molecule has 0 radical (unpaired) electrons. The van der Waals surface area contributed by atoms with Crippen LogP contribution in [0.3, 0.4) is 0 Å². The number of halogens is 2. The molecule has 0 aliphatic rings. The molecule has 3 rings (SSSR count). The highest BCUT2D eigenvalue weighted by Crippen LogP contribution is 2.24. The lowest BCUT2D eigenvalue weighted by Gasteiger charge is -2.14. The Kier molecular flexibility index (Phi) is 6.92. The first kappa shape index (κ1) is 23.0. The van der Waals surface area contributed by atoms with Gasteiger partial charge >= 0.3 is 0 Å². The topological polar surface area (TPSA) is 82.2 Å². The molecule has 1 amide bonds. The maximum Gasteiger partial charge on any atom is 0.262 e. The van der Waals surface area contributed by atoms with Crippen LogP contribution in [0, 0.1) is 24.5 Å². The molecule has 0 aliphatic heterocycles. The number of nitrogens with two attached hydrogens (primary N) is 1. The van der Waals surface area contributed by atoms with Gasteiger partial charge in [0.05, 0.1) is 13.2 Å². The van der Waals surface area contributed by atoms with Gasteiger partial charge in [0.15, 0.2) is 5.82 Å². The smallest absolute Gasteiger partial charge is 0.262 e. The zero-order valence-electron chi connectivity index (χ0n) is 18.3. The standard InChI is InChI=1S/C24H26F2N4O2/c1-5-16-9-19(25)23(20(26)10-16)24(31)28-22-8-15(4)30(29-22)12-17-11-18(27)6-7-21(17)32-13-14(2)3/h5-11,14H,1,12-13,27H2,2-4H3,(H,28,29,31). The highest BCUT2D eigenvalue weighted by molar-refractivity contribution is 6.04. The predicted molar refractivity (Wildman–Crippen MR) is 122 cm³/mol. The second-order valence-electron chi connectivity index (χ2n) is 7.92. The largest absolute Gasteiger partial charge is 0.493 e. The van der Waals surface area contributed by atoms with Crippen molar-refractivity contribution in [2.24, 2.45) is 5.92 Å². The number of rotatable bonds is 8. The molecule has 3 aromatic rings. The molecule has 1 aromatic heterocycles. The fraction of sp³-hybridized carbons (Fsp3) is 0.250. The molecule has 0 unspecified atom stereocenters. The van der Waals surface area contributed by atoms with Crippen LogP contribution >= 0.6 is 0 Å². The molecule has 0 spiro atoms. The SMILES string of the molecule is C=Cc1cc(F)c(C(=O)Nc2cc(C)n(Cc3cc(N)ccc3OCC(C)C)n2)c(F)c1. The van der Waals surface area contributed by atoms with Gasteiger partial charge in [-0.05, 0) is 48.7 Å². The number of nitrogens with one attached hydrogen (secondary N) is 1. The van der Waals surface area contributed by atoms with E-state index in [4.69, 9.17) is 10.5 Å². The van der Waals surface area contributed by atoms with Gasteiger partial charge in [0.25, 0.3) is 5.91 Å². The van der Waals surface area contributed by atoms with Crippen molar-refractivity contribution in [3.63, 3.8) is 0 Å². The average Bonchev–Trinajstić information content (AvgIpc) is 3.05. The predicted octanol–water partition coefficient (Wildman–Crippen LogP) is 5.03. The first-order chi connectivity index (χ1) is 15.2. The quantitative estimate of drug-likeness (QED) is 0.482. The first-order valence-corrected chi connectivity index (χ1v) is 10.2. The number of anilines is 2. The zero-order valence-corrected chi connectivity index (χ0v) is 18.3. The summed E-state index contributed by atoms with van der Waals surface area (Å²) >= 11 is 0. The molecular formula is C24H26F2N4O2. The van der Waals surface area contributed by atoms with Crippen LogP contribution in [0.5, 0.6) is 5.75 Å². The monoisotopic (exact) mass is 440 g/mol. The van der Waals surface area contributed by atoms with E-state index >= 15 is 0 Å². The van der Waals surface area contributed by atoms with Crippen LogP contribution in [0.1, 0.15) is 41.0 Å². The molecule has 0 bridgehead atoms. The number of hydrogen-bond acceptors (Lipinski definition) is 4. The minimum absolute atomic E-state index is 0.174. The van der Waals surface area contributed by atoms with Gasteiger partial charge in [-0.1, -0.05) is 26.5 Å². The normalized spacial score (nSPS) is 10.9. The minimum Gasteiger partial charge on any atom is -0.493 e. The van der Waals surface area contributed by atoms with Crippen LogP contribution in [-0.4, -0.2) is 22.3 Å². The molecule has 0 atom stereocenters. The van der Waals surface area contributed by atoms with Crippen LogP contribution in [0.2, 0.25) is 0 Å².